The fraction of sp³-hybridized carbons (Fsp3) is 0.0909. The SMILES string of the molecule is CNc1nccc(Sc2ccccc2)n1. The molecule has 0 unspecified atom stereocenters. The van der Waals surface area contributed by atoms with E-state index >= 15 is 0 Å². The fourth-order valence-corrected chi connectivity index (χ4v) is 1.92. The summed E-state index contributed by atoms with van der Waals surface area (Å²) in [6.07, 6.45) is 1.75. The van der Waals surface area contributed by atoms with Crippen LogP contribution < -0.4 is 5.32 Å². The van der Waals surface area contributed by atoms with Crippen LogP contribution in [0, 0.1) is 0 Å². The third-order valence-corrected chi connectivity index (χ3v) is 2.76. The molecule has 0 saturated heterocycles. The molecule has 1 aromatic heterocycles. The maximum Gasteiger partial charge on any atom is 0.223 e. The number of hydrogen-bond acceptors (Lipinski definition) is 4. The lowest BCUT2D eigenvalue weighted by Gasteiger charge is -2.02. The highest BCUT2D eigenvalue weighted by molar-refractivity contribution is 7.99. The van der Waals surface area contributed by atoms with Gasteiger partial charge in [-0.1, -0.05) is 30.0 Å². The smallest absolute Gasteiger partial charge is 0.223 e. The third-order valence-electron chi connectivity index (χ3n) is 1.82. The van der Waals surface area contributed by atoms with Crippen LogP contribution in [0.4, 0.5) is 5.95 Å². The number of rotatable bonds is 3. The second kappa shape index (κ2) is 4.79. The van der Waals surface area contributed by atoms with E-state index in [1.165, 1.54) is 4.90 Å². The van der Waals surface area contributed by atoms with E-state index in [2.05, 4.69) is 27.4 Å². The van der Waals surface area contributed by atoms with E-state index in [0.717, 1.165) is 5.03 Å². The molecule has 0 aliphatic heterocycles. The van der Waals surface area contributed by atoms with Crippen molar-refractivity contribution in [3.8, 4) is 0 Å². The lowest BCUT2D eigenvalue weighted by Crippen LogP contribution is -1.95. The molecule has 4 heteroatoms. The summed E-state index contributed by atoms with van der Waals surface area (Å²) in [6, 6.07) is 12.1. The molecule has 15 heavy (non-hydrogen) atoms. The second-order valence-electron chi connectivity index (χ2n) is 2.88. The fourth-order valence-electron chi connectivity index (χ4n) is 1.13. The van der Waals surface area contributed by atoms with Crippen LogP contribution in [0.1, 0.15) is 0 Å². The Morgan fingerprint density at radius 2 is 1.93 bits per heavy atom. The molecule has 0 saturated carbocycles. The normalized spacial score (nSPS) is 9.93. The summed E-state index contributed by atoms with van der Waals surface area (Å²) >= 11 is 1.63. The van der Waals surface area contributed by atoms with Crippen molar-refractivity contribution in [2.24, 2.45) is 0 Å². The van der Waals surface area contributed by atoms with Crippen LogP contribution in [0.15, 0.2) is 52.5 Å². The van der Waals surface area contributed by atoms with Crippen molar-refractivity contribution in [1.82, 2.24) is 9.97 Å². The first-order valence-corrected chi connectivity index (χ1v) is 5.44. The van der Waals surface area contributed by atoms with Crippen LogP contribution in [0.3, 0.4) is 0 Å². The average Bonchev–Trinajstić information content (AvgIpc) is 2.31. The molecule has 2 aromatic rings. The summed E-state index contributed by atoms with van der Waals surface area (Å²) in [6.45, 7) is 0. The van der Waals surface area contributed by atoms with Gasteiger partial charge >= 0.3 is 0 Å². The zero-order valence-corrected chi connectivity index (χ0v) is 9.16. The van der Waals surface area contributed by atoms with Crippen LogP contribution in [-0.4, -0.2) is 17.0 Å². The summed E-state index contributed by atoms with van der Waals surface area (Å²) in [4.78, 5) is 9.57. The van der Waals surface area contributed by atoms with Gasteiger partial charge in [-0.25, -0.2) is 9.97 Å². The Kier molecular flexibility index (Phi) is 3.19. The molecule has 0 spiro atoms. The van der Waals surface area contributed by atoms with Gasteiger partial charge in [0.15, 0.2) is 0 Å². The molecule has 0 fully saturated rings. The third kappa shape index (κ3) is 2.70. The molecule has 76 valence electrons. The van der Waals surface area contributed by atoms with Gasteiger partial charge in [-0.3, -0.25) is 0 Å². The van der Waals surface area contributed by atoms with Gasteiger partial charge in [0.05, 0.1) is 0 Å². The number of benzene rings is 1. The minimum Gasteiger partial charge on any atom is -0.357 e. The van der Waals surface area contributed by atoms with Crippen LogP contribution in [0.2, 0.25) is 0 Å². The first-order valence-electron chi connectivity index (χ1n) is 4.62. The van der Waals surface area contributed by atoms with E-state index in [4.69, 9.17) is 0 Å². The topological polar surface area (TPSA) is 37.8 Å². The number of nitrogens with one attached hydrogen (secondary N) is 1. The number of nitrogens with zero attached hydrogens (tertiary/aromatic N) is 2. The highest BCUT2D eigenvalue weighted by Crippen LogP contribution is 2.25. The molecule has 1 heterocycles. The number of anilines is 1. The highest BCUT2D eigenvalue weighted by atomic mass is 32.2. The summed E-state index contributed by atoms with van der Waals surface area (Å²) in [5.74, 6) is 0.649. The number of hydrogen-bond donors (Lipinski definition) is 1. The predicted molar refractivity (Wildman–Crippen MR) is 62.1 cm³/mol. The van der Waals surface area contributed by atoms with E-state index in [0.29, 0.717) is 5.95 Å². The van der Waals surface area contributed by atoms with E-state index in [-0.39, 0.29) is 0 Å². The summed E-state index contributed by atoms with van der Waals surface area (Å²) in [5, 5.41) is 3.86. The minimum absolute atomic E-state index is 0.649. The summed E-state index contributed by atoms with van der Waals surface area (Å²) < 4.78 is 0. The Hall–Kier alpha value is -1.55. The first kappa shape index (κ1) is 9.98. The molecule has 0 aliphatic rings. The Morgan fingerprint density at radius 3 is 2.67 bits per heavy atom. The molecule has 0 atom stereocenters. The largest absolute Gasteiger partial charge is 0.357 e. The summed E-state index contributed by atoms with van der Waals surface area (Å²) in [5.41, 5.74) is 0. The molecule has 1 N–H and O–H groups in total. The Labute approximate surface area is 93.0 Å². The standard InChI is InChI=1S/C11H11N3S/c1-12-11-13-8-7-10(14-11)15-9-5-3-2-4-6-9/h2-8H,1H3,(H,12,13,14). The van der Waals surface area contributed by atoms with Crippen molar-refractivity contribution in [2.75, 3.05) is 12.4 Å². The van der Waals surface area contributed by atoms with Gasteiger partial charge in [-0.15, -0.1) is 0 Å². The predicted octanol–water partition coefficient (Wildman–Crippen LogP) is 2.67. The van der Waals surface area contributed by atoms with E-state index < -0.39 is 0 Å². The lowest BCUT2D eigenvalue weighted by molar-refractivity contribution is 1.05. The average molecular weight is 217 g/mol. The van der Waals surface area contributed by atoms with Crippen LogP contribution in [0.25, 0.3) is 0 Å². The molecular weight excluding hydrogens is 206 g/mol. The zero-order valence-electron chi connectivity index (χ0n) is 8.34. The molecule has 0 amide bonds. The Bertz CT molecular complexity index is 431. The van der Waals surface area contributed by atoms with Crippen molar-refractivity contribution in [1.29, 1.82) is 0 Å². The molecular formula is C11H11N3S. The van der Waals surface area contributed by atoms with E-state index in [1.807, 2.05) is 31.3 Å². The molecule has 0 aliphatic carbocycles. The second-order valence-corrected chi connectivity index (χ2v) is 3.98. The first-order chi connectivity index (χ1) is 7.38. The van der Waals surface area contributed by atoms with Crippen LogP contribution >= 0.6 is 11.8 Å². The summed E-state index contributed by atoms with van der Waals surface area (Å²) in [7, 11) is 1.81. The van der Waals surface area contributed by atoms with Crippen molar-refractivity contribution < 1.29 is 0 Å². The van der Waals surface area contributed by atoms with Crippen LogP contribution in [-0.2, 0) is 0 Å². The molecule has 3 nitrogen and oxygen atoms in total. The quantitative estimate of drug-likeness (QED) is 0.802. The molecule has 1 aromatic carbocycles. The van der Waals surface area contributed by atoms with E-state index in [9.17, 15) is 0 Å². The lowest BCUT2D eigenvalue weighted by atomic mass is 10.4. The van der Waals surface area contributed by atoms with Gasteiger partial charge in [-0.05, 0) is 18.2 Å². The van der Waals surface area contributed by atoms with Crippen molar-refractivity contribution in [2.45, 2.75) is 9.92 Å². The molecule has 0 bridgehead atoms. The van der Waals surface area contributed by atoms with E-state index in [1.54, 1.807) is 18.0 Å². The monoisotopic (exact) mass is 217 g/mol. The molecule has 0 radical (unpaired) electrons. The Morgan fingerprint density at radius 1 is 1.13 bits per heavy atom. The van der Waals surface area contributed by atoms with Gasteiger partial charge < -0.3 is 5.32 Å². The maximum absolute atomic E-state index is 4.33. The maximum atomic E-state index is 4.33. The van der Waals surface area contributed by atoms with Gasteiger partial charge in [0, 0.05) is 18.1 Å². The van der Waals surface area contributed by atoms with Gasteiger partial charge in [-0.2, -0.15) is 0 Å². The minimum atomic E-state index is 0.649. The van der Waals surface area contributed by atoms with Crippen molar-refractivity contribution in [3.05, 3.63) is 42.6 Å². The van der Waals surface area contributed by atoms with Crippen molar-refractivity contribution in [3.63, 3.8) is 0 Å². The van der Waals surface area contributed by atoms with Gasteiger partial charge in [0.1, 0.15) is 5.03 Å². The van der Waals surface area contributed by atoms with Gasteiger partial charge in [0.25, 0.3) is 0 Å². The number of aromatic nitrogens is 2. The molecule has 2 rings (SSSR count). The van der Waals surface area contributed by atoms with Crippen LogP contribution in [0.5, 0.6) is 0 Å². The zero-order chi connectivity index (χ0) is 10.5. The van der Waals surface area contributed by atoms with Gasteiger partial charge in [0.2, 0.25) is 5.95 Å². The highest BCUT2D eigenvalue weighted by Gasteiger charge is 1.99. The van der Waals surface area contributed by atoms with Crippen molar-refractivity contribution >= 4 is 17.7 Å². The Balaban J connectivity index is 2.17.